The predicted molar refractivity (Wildman–Crippen MR) is 92.8 cm³/mol. The van der Waals surface area contributed by atoms with E-state index < -0.39 is 0 Å². The zero-order valence-corrected chi connectivity index (χ0v) is 14.7. The van der Waals surface area contributed by atoms with Gasteiger partial charge in [-0.1, -0.05) is 10.3 Å². The van der Waals surface area contributed by atoms with Gasteiger partial charge in [0.15, 0.2) is 0 Å². The van der Waals surface area contributed by atoms with Gasteiger partial charge in [0, 0.05) is 26.2 Å². The fourth-order valence-electron chi connectivity index (χ4n) is 2.94. The third-order valence-electron chi connectivity index (χ3n) is 4.55. The quantitative estimate of drug-likeness (QED) is 0.675. The molecule has 0 atom stereocenters. The molecule has 1 fully saturated rings. The lowest BCUT2D eigenvalue weighted by atomic mass is 10.2. The third-order valence-corrected chi connectivity index (χ3v) is 4.55. The predicted octanol–water partition coefficient (Wildman–Crippen LogP) is 0.989. The van der Waals surface area contributed by atoms with Crippen LogP contribution in [0.3, 0.4) is 0 Å². The van der Waals surface area contributed by atoms with Crippen LogP contribution in [0.5, 0.6) is 0 Å². The van der Waals surface area contributed by atoms with E-state index in [9.17, 15) is 9.18 Å². The molecule has 0 aliphatic carbocycles. The van der Waals surface area contributed by atoms with Crippen LogP contribution in [-0.2, 0) is 11.2 Å². The van der Waals surface area contributed by atoms with Crippen molar-refractivity contribution in [2.75, 3.05) is 31.1 Å². The zero-order valence-electron chi connectivity index (χ0n) is 14.7. The second-order valence-corrected chi connectivity index (χ2v) is 6.31. The average Bonchev–Trinajstić information content (AvgIpc) is 3.32. The van der Waals surface area contributed by atoms with Crippen molar-refractivity contribution >= 4 is 11.9 Å². The number of benzene rings is 1. The lowest BCUT2D eigenvalue weighted by Crippen LogP contribution is -2.49. The number of rotatable bonds is 4. The molecule has 1 aromatic carbocycles. The van der Waals surface area contributed by atoms with E-state index in [2.05, 4.69) is 25.0 Å². The molecule has 3 aromatic rings. The summed E-state index contributed by atoms with van der Waals surface area (Å²) < 4.78 is 19.3. The summed E-state index contributed by atoms with van der Waals surface area (Å²) in [6.45, 7) is 4.19. The highest BCUT2D eigenvalue weighted by Crippen LogP contribution is 2.15. The molecule has 1 amide bonds. The van der Waals surface area contributed by atoms with E-state index in [1.165, 1.54) is 12.1 Å². The molecule has 0 radical (unpaired) electrons. The van der Waals surface area contributed by atoms with E-state index in [1.807, 2.05) is 4.90 Å². The number of nitrogens with zero attached hydrogens (tertiary/aromatic N) is 7. The Morgan fingerprint density at radius 3 is 2.56 bits per heavy atom. The number of piperazine rings is 1. The molecular formula is C17H18FN7O2. The maximum atomic E-state index is 13.0. The Morgan fingerprint density at radius 2 is 1.89 bits per heavy atom. The van der Waals surface area contributed by atoms with Crippen molar-refractivity contribution in [2.24, 2.45) is 0 Å². The Morgan fingerprint density at radius 1 is 1.15 bits per heavy atom. The van der Waals surface area contributed by atoms with Gasteiger partial charge in [-0.25, -0.2) is 13.7 Å². The number of hydrogen-bond donors (Lipinski definition) is 0. The fraction of sp³-hybridized carbons (Fsp3) is 0.353. The van der Waals surface area contributed by atoms with Crippen molar-refractivity contribution in [3.8, 4) is 5.69 Å². The number of anilines is 1. The molecule has 0 N–H and O–H groups in total. The van der Waals surface area contributed by atoms with Crippen molar-refractivity contribution in [3.63, 3.8) is 0 Å². The Hall–Kier alpha value is -3.30. The number of carbonyl (C=O) groups is 1. The molecule has 140 valence electrons. The van der Waals surface area contributed by atoms with Gasteiger partial charge in [0.05, 0.1) is 12.1 Å². The molecule has 4 rings (SSSR count). The molecular weight excluding hydrogens is 353 g/mol. The van der Waals surface area contributed by atoms with Gasteiger partial charge in [0.25, 0.3) is 0 Å². The van der Waals surface area contributed by atoms with Crippen LogP contribution in [0.1, 0.15) is 11.4 Å². The molecule has 9 nitrogen and oxygen atoms in total. The largest absolute Gasteiger partial charge is 0.339 e. The first-order valence-corrected chi connectivity index (χ1v) is 8.58. The Kier molecular flexibility index (Phi) is 4.53. The first kappa shape index (κ1) is 17.1. The van der Waals surface area contributed by atoms with Crippen LogP contribution in [-0.4, -0.2) is 62.1 Å². The maximum absolute atomic E-state index is 13.0. The number of amides is 1. The van der Waals surface area contributed by atoms with Crippen LogP contribution >= 0.6 is 0 Å². The van der Waals surface area contributed by atoms with Crippen molar-refractivity contribution in [1.82, 2.24) is 30.0 Å². The van der Waals surface area contributed by atoms with Gasteiger partial charge in [0.1, 0.15) is 23.5 Å². The van der Waals surface area contributed by atoms with E-state index >= 15 is 0 Å². The van der Waals surface area contributed by atoms with Gasteiger partial charge in [-0.2, -0.15) is 4.98 Å². The van der Waals surface area contributed by atoms with Gasteiger partial charge in [-0.15, -0.1) is 5.10 Å². The topological polar surface area (TPSA) is 93.2 Å². The number of aromatic nitrogens is 5. The van der Waals surface area contributed by atoms with E-state index in [4.69, 9.17) is 0 Å². The van der Waals surface area contributed by atoms with Crippen molar-refractivity contribution < 1.29 is 13.8 Å². The molecule has 3 heterocycles. The van der Waals surface area contributed by atoms with Crippen LogP contribution in [0.4, 0.5) is 10.3 Å². The van der Waals surface area contributed by atoms with Crippen molar-refractivity contribution in [1.29, 1.82) is 0 Å². The van der Waals surface area contributed by atoms with E-state index in [1.54, 1.807) is 35.0 Å². The first-order valence-electron chi connectivity index (χ1n) is 8.58. The lowest BCUT2D eigenvalue weighted by molar-refractivity contribution is -0.130. The average molecular weight is 371 g/mol. The van der Waals surface area contributed by atoms with Crippen LogP contribution in [0.25, 0.3) is 5.69 Å². The summed E-state index contributed by atoms with van der Waals surface area (Å²) in [4.78, 5) is 20.6. The molecule has 0 spiro atoms. The summed E-state index contributed by atoms with van der Waals surface area (Å²) >= 11 is 0. The SMILES string of the molecule is Cc1nonc1CC(=O)N1CCN(c2ncn(-c3ccc(F)cc3)n2)CC1. The molecule has 27 heavy (non-hydrogen) atoms. The van der Waals surface area contributed by atoms with Crippen molar-refractivity contribution in [2.45, 2.75) is 13.3 Å². The number of hydrogen-bond acceptors (Lipinski definition) is 7. The molecule has 1 aliphatic heterocycles. The lowest BCUT2D eigenvalue weighted by Gasteiger charge is -2.34. The van der Waals surface area contributed by atoms with Crippen LogP contribution in [0.15, 0.2) is 35.2 Å². The van der Waals surface area contributed by atoms with Gasteiger partial charge >= 0.3 is 0 Å². The molecule has 2 aromatic heterocycles. The molecule has 10 heteroatoms. The second-order valence-electron chi connectivity index (χ2n) is 6.31. The van der Waals surface area contributed by atoms with Crippen molar-refractivity contribution in [3.05, 3.63) is 47.8 Å². The minimum absolute atomic E-state index is 0.00162. The van der Waals surface area contributed by atoms with Crippen LogP contribution < -0.4 is 4.90 Å². The number of aryl methyl sites for hydroxylation is 1. The number of carbonyl (C=O) groups excluding carboxylic acids is 1. The second kappa shape index (κ2) is 7.14. The normalized spacial score (nSPS) is 14.6. The smallest absolute Gasteiger partial charge is 0.245 e. The highest BCUT2D eigenvalue weighted by Gasteiger charge is 2.24. The first-order chi connectivity index (χ1) is 13.1. The highest BCUT2D eigenvalue weighted by molar-refractivity contribution is 5.78. The highest BCUT2D eigenvalue weighted by atomic mass is 19.1. The summed E-state index contributed by atoms with van der Waals surface area (Å²) in [5.74, 6) is 0.290. The minimum Gasteiger partial charge on any atom is -0.339 e. The van der Waals surface area contributed by atoms with Gasteiger partial charge in [0.2, 0.25) is 11.9 Å². The van der Waals surface area contributed by atoms with Gasteiger partial charge in [-0.05, 0) is 31.2 Å². The fourth-order valence-corrected chi connectivity index (χ4v) is 2.94. The molecule has 0 bridgehead atoms. The van der Waals surface area contributed by atoms with E-state index in [0.717, 1.165) is 5.69 Å². The van der Waals surface area contributed by atoms with Gasteiger partial charge < -0.3 is 9.80 Å². The van der Waals surface area contributed by atoms with E-state index in [0.29, 0.717) is 43.5 Å². The molecule has 1 saturated heterocycles. The summed E-state index contributed by atoms with van der Waals surface area (Å²) in [6.07, 6.45) is 1.78. The summed E-state index contributed by atoms with van der Waals surface area (Å²) in [5.41, 5.74) is 1.94. The summed E-state index contributed by atoms with van der Waals surface area (Å²) in [6, 6.07) is 6.05. The standard InChI is InChI=1S/C17H18FN7O2/c1-12-15(22-27-21-12)10-16(26)23-6-8-24(9-7-23)17-19-11-25(20-17)14-4-2-13(18)3-5-14/h2-5,11H,6-10H2,1H3. The summed E-state index contributed by atoms with van der Waals surface area (Å²) in [7, 11) is 0. The Balaban J connectivity index is 1.36. The zero-order chi connectivity index (χ0) is 18.8. The molecule has 0 saturated carbocycles. The maximum Gasteiger partial charge on any atom is 0.245 e. The van der Waals surface area contributed by atoms with Gasteiger partial charge in [-0.3, -0.25) is 4.79 Å². The number of halogens is 1. The minimum atomic E-state index is -0.295. The molecule has 1 aliphatic rings. The third kappa shape index (κ3) is 3.64. The molecule has 0 unspecified atom stereocenters. The van der Waals surface area contributed by atoms with Crippen LogP contribution in [0.2, 0.25) is 0 Å². The van der Waals surface area contributed by atoms with E-state index in [-0.39, 0.29) is 18.1 Å². The monoisotopic (exact) mass is 371 g/mol. The van der Waals surface area contributed by atoms with Crippen LogP contribution in [0, 0.1) is 12.7 Å². The summed E-state index contributed by atoms with van der Waals surface area (Å²) in [5, 5.41) is 11.9. The Bertz CT molecular complexity index is 929. The Labute approximate surface area is 154 Å².